The highest BCUT2D eigenvalue weighted by Crippen LogP contribution is 2.39. The highest BCUT2D eigenvalue weighted by Gasteiger charge is 2.34. The quantitative estimate of drug-likeness (QED) is 0.208. The summed E-state index contributed by atoms with van der Waals surface area (Å²) in [6.07, 6.45) is 3.37. The van der Waals surface area contributed by atoms with E-state index in [1.54, 1.807) is 22.6 Å². The van der Waals surface area contributed by atoms with Gasteiger partial charge in [0.1, 0.15) is 0 Å². The van der Waals surface area contributed by atoms with Crippen LogP contribution in [0.1, 0.15) is 148 Å². The fraction of sp³-hybridized carbons (Fsp3) is 0.459. The monoisotopic (exact) mass is 608 g/mol. The fourth-order valence-corrected chi connectivity index (χ4v) is 8.08. The van der Waals surface area contributed by atoms with Crippen LogP contribution in [0.25, 0.3) is 22.2 Å². The normalized spacial score (nSPS) is 16.1. The lowest BCUT2D eigenvalue weighted by atomic mass is 9.90. The van der Waals surface area contributed by atoms with Crippen molar-refractivity contribution in [3.8, 4) is 0 Å². The summed E-state index contributed by atoms with van der Waals surface area (Å²) in [5.74, 6) is -0.268. The van der Waals surface area contributed by atoms with Crippen LogP contribution in [-0.2, 0) is 6.42 Å². The van der Waals surface area contributed by atoms with Gasteiger partial charge in [-0.3, -0.25) is 18.4 Å². The van der Waals surface area contributed by atoms with Crippen molar-refractivity contribution >= 4 is 34.0 Å². The van der Waals surface area contributed by atoms with Crippen molar-refractivity contribution in [1.82, 2.24) is 17.9 Å². The number of hydrogen-bond donors (Lipinski definition) is 0. The standard InChI is InChI=1S/C37H44N4O4/c1-11-18(5)32-22(9)26-15-28-24(13-3)20(7)34(42)40(28)36(44)38(26)30(32)17-31-33(19(6)12-2)23(10)27-16-29-25(14-4)21(8)35(43)41(29)37(45)39(27)31/h15-16,18-19H,11-14,17H2,1-10H3/t18-,19-/m0/s1. The first-order valence-electron chi connectivity index (χ1n) is 16.4. The van der Waals surface area contributed by atoms with Gasteiger partial charge in [-0.05, 0) is 111 Å². The van der Waals surface area contributed by atoms with Crippen molar-refractivity contribution in [3.05, 3.63) is 89.3 Å². The molecule has 0 saturated carbocycles. The number of aryl methyl sites for hydroxylation is 2. The van der Waals surface area contributed by atoms with E-state index < -0.39 is 0 Å². The molecular formula is C37H44N4O4. The first kappa shape index (κ1) is 30.8. The Hall–Kier alpha value is -4.20. The minimum absolute atomic E-state index is 0.142. The maximum atomic E-state index is 14.4. The number of carbonyl (C=O) groups is 2. The lowest BCUT2D eigenvalue weighted by Gasteiger charge is -2.17. The van der Waals surface area contributed by atoms with Crippen molar-refractivity contribution in [1.29, 1.82) is 0 Å². The highest BCUT2D eigenvalue weighted by molar-refractivity contribution is 6.08. The van der Waals surface area contributed by atoms with Crippen molar-refractivity contribution in [2.75, 3.05) is 0 Å². The first-order valence-corrected chi connectivity index (χ1v) is 16.4. The molecule has 0 aromatic carbocycles. The van der Waals surface area contributed by atoms with Gasteiger partial charge in [-0.2, -0.15) is 0 Å². The minimum atomic E-state index is -0.370. The van der Waals surface area contributed by atoms with Gasteiger partial charge in [-0.25, -0.2) is 18.7 Å². The number of aromatic nitrogens is 4. The molecule has 4 aromatic rings. The van der Waals surface area contributed by atoms with Gasteiger partial charge >= 0.3 is 11.4 Å². The molecule has 0 saturated heterocycles. The van der Waals surface area contributed by atoms with E-state index in [9.17, 15) is 19.2 Å². The van der Waals surface area contributed by atoms with Crippen LogP contribution in [0.5, 0.6) is 0 Å². The summed E-state index contributed by atoms with van der Waals surface area (Å²) in [5, 5.41) is 0. The Kier molecular flexibility index (Phi) is 7.33. The molecular weight excluding hydrogens is 564 g/mol. The molecule has 6 heterocycles. The third-order valence-electron chi connectivity index (χ3n) is 10.8. The fourth-order valence-electron chi connectivity index (χ4n) is 8.08. The van der Waals surface area contributed by atoms with Gasteiger partial charge in [0, 0.05) is 29.0 Å². The topological polar surface area (TPSA) is 87.0 Å². The van der Waals surface area contributed by atoms with E-state index in [0.717, 1.165) is 68.7 Å². The van der Waals surface area contributed by atoms with Gasteiger partial charge < -0.3 is 0 Å². The number of carbonyl (C=O) groups excluding carboxylic acids is 2. The summed E-state index contributed by atoms with van der Waals surface area (Å²) in [6.45, 7) is 20.3. The molecule has 2 aliphatic heterocycles. The second-order valence-electron chi connectivity index (χ2n) is 13.0. The zero-order valence-corrected chi connectivity index (χ0v) is 28.3. The van der Waals surface area contributed by atoms with Crippen molar-refractivity contribution in [2.45, 2.75) is 113 Å². The van der Waals surface area contributed by atoms with Gasteiger partial charge in [-0.15, -0.1) is 0 Å². The summed E-state index contributed by atoms with van der Waals surface area (Å²) in [4.78, 5) is 55.6. The van der Waals surface area contributed by atoms with Crippen molar-refractivity contribution in [3.63, 3.8) is 0 Å². The zero-order chi connectivity index (χ0) is 32.8. The third kappa shape index (κ3) is 3.96. The molecule has 2 aliphatic rings. The molecule has 0 radical (unpaired) electrons. The number of allylic oxidation sites excluding steroid dienone is 4. The Labute approximate surface area is 263 Å². The summed E-state index contributed by atoms with van der Waals surface area (Å²) < 4.78 is 6.08. The first-order chi connectivity index (χ1) is 21.4. The lowest BCUT2D eigenvalue weighted by Crippen LogP contribution is -2.33. The molecule has 6 rings (SSSR count). The summed E-state index contributed by atoms with van der Waals surface area (Å²) >= 11 is 0. The third-order valence-corrected chi connectivity index (χ3v) is 10.8. The van der Waals surface area contributed by atoms with Gasteiger partial charge in [0.25, 0.3) is 11.8 Å². The summed E-state index contributed by atoms with van der Waals surface area (Å²) in [6, 6.07) is 4.00. The lowest BCUT2D eigenvalue weighted by molar-refractivity contribution is 0.0947. The molecule has 8 heteroatoms. The van der Waals surface area contributed by atoms with E-state index in [-0.39, 0.29) is 35.0 Å². The van der Waals surface area contributed by atoms with Gasteiger partial charge in [0.05, 0.1) is 22.4 Å². The average Bonchev–Trinajstić information content (AvgIpc) is 3.64. The molecule has 0 aliphatic carbocycles. The molecule has 236 valence electrons. The number of nitrogens with zero attached hydrogens (tertiary/aromatic N) is 4. The molecule has 8 nitrogen and oxygen atoms in total. The van der Waals surface area contributed by atoms with E-state index >= 15 is 0 Å². The molecule has 2 atom stereocenters. The Balaban J connectivity index is 1.72. The number of rotatable bonds is 8. The predicted octanol–water partition coefficient (Wildman–Crippen LogP) is 7.42. The van der Waals surface area contributed by atoms with Gasteiger partial charge in [0.2, 0.25) is 0 Å². The van der Waals surface area contributed by atoms with Gasteiger partial charge in [0.15, 0.2) is 0 Å². The molecule has 4 aromatic heterocycles. The molecule has 0 N–H and O–H groups in total. The zero-order valence-electron chi connectivity index (χ0n) is 28.3. The molecule has 0 spiro atoms. The van der Waals surface area contributed by atoms with Crippen molar-refractivity contribution < 1.29 is 9.59 Å². The van der Waals surface area contributed by atoms with Crippen molar-refractivity contribution in [2.24, 2.45) is 0 Å². The van der Waals surface area contributed by atoms with E-state index in [1.807, 2.05) is 26.0 Å². The Morgan fingerprint density at radius 2 is 0.956 bits per heavy atom. The largest absolute Gasteiger partial charge is 0.340 e. The second kappa shape index (κ2) is 10.7. The van der Waals surface area contributed by atoms with Crippen LogP contribution in [0.3, 0.4) is 0 Å². The van der Waals surface area contributed by atoms with E-state index in [2.05, 4.69) is 41.5 Å². The predicted molar refractivity (Wildman–Crippen MR) is 180 cm³/mol. The maximum Gasteiger partial charge on any atom is 0.340 e. The smallest absolute Gasteiger partial charge is 0.269 e. The van der Waals surface area contributed by atoms with Crippen LogP contribution in [0.15, 0.2) is 32.9 Å². The molecule has 0 fully saturated rings. The molecule has 0 amide bonds. The van der Waals surface area contributed by atoms with Crippen LogP contribution in [-0.4, -0.2) is 29.7 Å². The molecule has 45 heavy (non-hydrogen) atoms. The summed E-state index contributed by atoms with van der Waals surface area (Å²) in [7, 11) is 0. The van der Waals surface area contributed by atoms with Crippen LogP contribution in [0.4, 0.5) is 0 Å². The highest BCUT2D eigenvalue weighted by atomic mass is 16.2. The van der Waals surface area contributed by atoms with E-state index in [4.69, 9.17) is 0 Å². The number of hydrogen-bond acceptors (Lipinski definition) is 4. The Morgan fingerprint density at radius 1 is 0.600 bits per heavy atom. The average molecular weight is 609 g/mol. The van der Waals surface area contributed by atoms with Crippen LogP contribution < -0.4 is 11.4 Å². The molecule has 0 bridgehead atoms. The Bertz CT molecular complexity index is 2020. The molecule has 0 unspecified atom stereocenters. The van der Waals surface area contributed by atoms with Gasteiger partial charge in [-0.1, -0.05) is 41.5 Å². The summed E-state index contributed by atoms with van der Waals surface area (Å²) in [5.41, 5.74) is 11.0. The minimum Gasteiger partial charge on any atom is -0.269 e. The SMILES string of the molecule is CCC1=C(C)C(=O)n2c1cc1c(C)c([C@@H](C)CC)c(Cc3c([C@@H](C)CC)c(C)c4cc5n(c(=O)n34)C(=O)C(C)=C5CC)n1c2=O. The number of fused-ring (bicyclic) bond motifs is 4. The van der Waals surface area contributed by atoms with E-state index in [1.165, 1.54) is 9.13 Å². The Morgan fingerprint density at radius 3 is 1.27 bits per heavy atom. The maximum absolute atomic E-state index is 14.4. The van der Waals surface area contributed by atoms with Crippen LogP contribution in [0.2, 0.25) is 0 Å². The van der Waals surface area contributed by atoms with E-state index in [0.29, 0.717) is 41.8 Å². The van der Waals surface area contributed by atoms with Crippen LogP contribution in [0, 0.1) is 13.8 Å². The van der Waals surface area contributed by atoms with Crippen LogP contribution >= 0.6 is 0 Å². The second-order valence-corrected chi connectivity index (χ2v) is 13.0.